The van der Waals surface area contributed by atoms with Crippen LogP contribution < -0.4 is 10.0 Å². The Bertz CT molecular complexity index is 259. The fourth-order valence-electron chi connectivity index (χ4n) is 1.85. The highest BCUT2D eigenvalue weighted by atomic mass is 32.2. The Kier molecular flexibility index (Phi) is 5.56. The molecule has 1 aliphatic rings. The third-order valence-corrected chi connectivity index (χ3v) is 4.25. The van der Waals surface area contributed by atoms with E-state index in [1.807, 2.05) is 0 Å². The topological polar surface area (TPSA) is 58.2 Å². The van der Waals surface area contributed by atoms with Gasteiger partial charge >= 0.3 is 0 Å². The summed E-state index contributed by atoms with van der Waals surface area (Å²) in [5.41, 5.74) is 0. The first kappa shape index (κ1) is 12.9. The van der Waals surface area contributed by atoms with Crippen molar-refractivity contribution in [1.82, 2.24) is 10.0 Å². The highest BCUT2D eigenvalue weighted by Gasteiger charge is 2.13. The van der Waals surface area contributed by atoms with Crippen molar-refractivity contribution in [3.8, 4) is 0 Å². The first-order valence-corrected chi connectivity index (χ1v) is 7.50. The summed E-state index contributed by atoms with van der Waals surface area (Å²) in [5.74, 6) is 0.170. The SMILES string of the molecule is CCS(=O)(=O)NCCCNC1CCCC1. The second-order valence-corrected chi connectivity index (χ2v) is 6.18. The van der Waals surface area contributed by atoms with Crippen LogP contribution in [0.4, 0.5) is 0 Å². The fraction of sp³-hybridized carbons (Fsp3) is 1.00. The summed E-state index contributed by atoms with van der Waals surface area (Å²) in [5, 5.41) is 3.45. The Labute approximate surface area is 92.9 Å². The molecule has 0 spiro atoms. The highest BCUT2D eigenvalue weighted by molar-refractivity contribution is 7.89. The van der Waals surface area contributed by atoms with Crippen molar-refractivity contribution in [2.24, 2.45) is 0 Å². The number of hydrogen-bond acceptors (Lipinski definition) is 3. The van der Waals surface area contributed by atoms with Crippen LogP contribution in [0.3, 0.4) is 0 Å². The number of hydrogen-bond donors (Lipinski definition) is 2. The van der Waals surface area contributed by atoms with Crippen molar-refractivity contribution in [3.63, 3.8) is 0 Å². The fourth-order valence-corrected chi connectivity index (χ4v) is 2.51. The zero-order valence-corrected chi connectivity index (χ0v) is 10.3. The monoisotopic (exact) mass is 234 g/mol. The standard InChI is InChI=1S/C10H22N2O2S/c1-2-15(13,14)12-9-5-8-11-10-6-3-4-7-10/h10-12H,2-9H2,1H3. The minimum atomic E-state index is -3.00. The molecular weight excluding hydrogens is 212 g/mol. The summed E-state index contributed by atoms with van der Waals surface area (Å²) in [6.45, 7) is 3.12. The lowest BCUT2D eigenvalue weighted by atomic mass is 10.2. The van der Waals surface area contributed by atoms with Crippen molar-refractivity contribution in [1.29, 1.82) is 0 Å². The molecule has 0 heterocycles. The van der Waals surface area contributed by atoms with Crippen LogP contribution in [-0.4, -0.2) is 33.3 Å². The smallest absolute Gasteiger partial charge is 0.211 e. The van der Waals surface area contributed by atoms with Crippen LogP contribution in [0.5, 0.6) is 0 Å². The molecule has 0 aromatic heterocycles. The van der Waals surface area contributed by atoms with Gasteiger partial charge in [-0.05, 0) is 32.7 Å². The van der Waals surface area contributed by atoms with E-state index in [1.54, 1.807) is 6.92 Å². The van der Waals surface area contributed by atoms with Crippen molar-refractivity contribution in [2.75, 3.05) is 18.8 Å². The van der Waals surface area contributed by atoms with Gasteiger partial charge in [0.15, 0.2) is 0 Å². The Hall–Kier alpha value is -0.130. The van der Waals surface area contributed by atoms with E-state index in [2.05, 4.69) is 10.0 Å². The van der Waals surface area contributed by atoms with Gasteiger partial charge in [-0.1, -0.05) is 12.8 Å². The van der Waals surface area contributed by atoms with E-state index < -0.39 is 10.0 Å². The van der Waals surface area contributed by atoms with Gasteiger partial charge in [0.1, 0.15) is 0 Å². The Morgan fingerprint density at radius 3 is 2.47 bits per heavy atom. The third-order valence-electron chi connectivity index (χ3n) is 2.84. The molecule has 0 aromatic carbocycles. The van der Waals surface area contributed by atoms with Gasteiger partial charge in [-0.25, -0.2) is 13.1 Å². The normalized spacial score (nSPS) is 18.5. The predicted octanol–water partition coefficient (Wildman–Crippen LogP) is 0.848. The van der Waals surface area contributed by atoms with Gasteiger partial charge in [0.25, 0.3) is 0 Å². The molecule has 0 bridgehead atoms. The average Bonchev–Trinajstić information content (AvgIpc) is 2.70. The number of rotatable bonds is 7. The van der Waals surface area contributed by atoms with Crippen LogP contribution in [0.15, 0.2) is 0 Å². The molecule has 1 rings (SSSR count). The van der Waals surface area contributed by atoms with E-state index in [0.29, 0.717) is 12.6 Å². The maximum absolute atomic E-state index is 11.1. The molecule has 2 N–H and O–H groups in total. The van der Waals surface area contributed by atoms with Crippen molar-refractivity contribution in [3.05, 3.63) is 0 Å². The van der Waals surface area contributed by atoms with Gasteiger partial charge in [-0.3, -0.25) is 0 Å². The summed E-state index contributed by atoms with van der Waals surface area (Å²) in [6.07, 6.45) is 6.09. The van der Waals surface area contributed by atoms with E-state index in [0.717, 1.165) is 13.0 Å². The maximum atomic E-state index is 11.1. The van der Waals surface area contributed by atoms with E-state index in [-0.39, 0.29) is 5.75 Å². The molecule has 4 nitrogen and oxygen atoms in total. The van der Waals surface area contributed by atoms with Crippen LogP contribution >= 0.6 is 0 Å². The molecule has 1 fully saturated rings. The minimum Gasteiger partial charge on any atom is -0.314 e. The van der Waals surface area contributed by atoms with Crippen LogP contribution in [0, 0.1) is 0 Å². The summed E-state index contributed by atoms with van der Waals surface area (Å²) < 4.78 is 24.7. The van der Waals surface area contributed by atoms with Gasteiger partial charge in [-0.15, -0.1) is 0 Å². The van der Waals surface area contributed by atoms with Gasteiger partial charge in [-0.2, -0.15) is 0 Å². The van der Waals surface area contributed by atoms with Crippen molar-refractivity contribution >= 4 is 10.0 Å². The molecule has 5 heteroatoms. The molecule has 0 atom stereocenters. The van der Waals surface area contributed by atoms with Gasteiger partial charge < -0.3 is 5.32 Å². The summed E-state index contributed by atoms with van der Waals surface area (Å²) in [4.78, 5) is 0. The molecular formula is C10H22N2O2S. The molecule has 0 saturated heterocycles. The lowest BCUT2D eigenvalue weighted by molar-refractivity contribution is 0.512. The van der Waals surface area contributed by atoms with Crippen LogP contribution in [-0.2, 0) is 10.0 Å². The summed E-state index contributed by atoms with van der Waals surface area (Å²) >= 11 is 0. The molecule has 15 heavy (non-hydrogen) atoms. The van der Waals surface area contributed by atoms with E-state index in [4.69, 9.17) is 0 Å². The molecule has 0 aromatic rings. The lowest BCUT2D eigenvalue weighted by Gasteiger charge is -2.11. The predicted molar refractivity (Wildman–Crippen MR) is 62.3 cm³/mol. The molecule has 0 amide bonds. The molecule has 0 unspecified atom stereocenters. The van der Waals surface area contributed by atoms with Crippen molar-refractivity contribution < 1.29 is 8.42 Å². The van der Waals surface area contributed by atoms with Gasteiger partial charge in [0, 0.05) is 12.6 Å². The molecule has 0 radical (unpaired) electrons. The Morgan fingerprint density at radius 2 is 1.87 bits per heavy atom. The quantitative estimate of drug-likeness (QED) is 0.642. The average molecular weight is 234 g/mol. The molecule has 0 aliphatic heterocycles. The lowest BCUT2D eigenvalue weighted by Crippen LogP contribution is -2.31. The molecule has 90 valence electrons. The Morgan fingerprint density at radius 1 is 1.20 bits per heavy atom. The molecule has 1 saturated carbocycles. The zero-order chi connectivity index (χ0) is 11.1. The Balaban J connectivity index is 1.97. The first-order valence-electron chi connectivity index (χ1n) is 5.85. The van der Waals surface area contributed by atoms with Crippen LogP contribution in [0.2, 0.25) is 0 Å². The van der Waals surface area contributed by atoms with E-state index >= 15 is 0 Å². The van der Waals surface area contributed by atoms with Gasteiger partial charge in [0.05, 0.1) is 5.75 Å². The summed E-state index contributed by atoms with van der Waals surface area (Å²) in [6, 6.07) is 0.674. The first-order chi connectivity index (χ1) is 7.14. The largest absolute Gasteiger partial charge is 0.314 e. The van der Waals surface area contributed by atoms with Crippen LogP contribution in [0.1, 0.15) is 39.0 Å². The summed E-state index contributed by atoms with van der Waals surface area (Å²) in [7, 11) is -3.00. The second-order valence-electron chi connectivity index (χ2n) is 4.09. The minimum absolute atomic E-state index is 0.170. The number of sulfonamides is 1. The van der Waals surface area contributed by atoms with Crippen LogP contribution in [0.25, 0.3) is 0 Å². The van der Waals surface area contributed by atoms with E-state index in [1.165, 1.54) is 25.7 Å². The highest BCUT2D eigenvalue weighted by Crippen LogP contribution is 2.17. The van der Waals surface area contributed by atoms with Crippen molar-refractivity contribution in [2.45, 2.75) is 45.1 Å². The zero-order valence-electron chi connectivity index (χ0n) is 9.46. The second kappa shape index (κ2) is 6.45. The maximum Gasteiger partial charge on any atom is 0.211 e. The third kappa shape index (κ3) is 5.49. The number of nitrogens with one attached hydrogen (secondary N) is 2. The van der Waals surface area contributed by atoms with Gasteiger partial charge in [0.2, 0.25) is 10.0 Å². The molecule has 1 aliphatic carbocycles. The van der Waals surface area contributed by atoms with E-state index in [9.17, 15) is 8.42 Å².